The van der Waals surface area contributed by atoms with E-state index in [4.69, 9.17) is 4.74 Å². The molecule has 4 aromatic rings. The van der Waals surface area contributed by atoms with Gasteiger partial charge < -0.3 is 4.74 Å². The predicted octanol–water partition coefficient (Wildman–Crippen LogP) is 5.87. The summed E-state index contributed by atoms with van der Waals surface area (Å²) in [4.78, 5) is 32.3. The van der Waals surface area contributed by atoms with Gasteiger partial charge in [-0.25, -0.2) is 18.6 Å². The Kier molecular flexibility index (Phi) is 6.18. The van der Waals surface area contributed by atoms with Gasteiger partial charge in [0.15, 0.2) is 0 Å². The van der Waals surface area contributed by atoms with Crippen LogP contribution in [0, 0.1) is 28.7 Å². The van der Waals surface area contributed by atoms with Crippen molar-refractivity contribution in [3.05, 3.63) is 99.6 Å². The second kappa shape index (κ2) is 9.22. The summed E-state index contributed by atoms with van der Waals surface area (Å²) in [5, 5.41) is 9.68. The Morgan fingerprint density at radius 1 is 1.03 bits per heavy atom. The van der Waals surface area contributed by atoms with Gasteiger partial charge in [-0.05, 0) is 49.2 Å². The number of fused-ring (bicyclic) bond motifs is 1. The van der Waals surface area contributed by atoms with Gasteiger partial charge in [-0.2, -0.15) is 0 Å². The van der Waals surface area contributed by atoms with Crippen molar-refractivity contribution in [3.63, 3.8) is 0 Å². The van der Waals surface area contributed by atoms with E-state index in [9.17, 15) is 23.7 Å². The minimum absolute atomic E-state index is 0.0106. The number of pyridine rings is 1. The minimum atomic E-state index is -1.47. The average Bonchev–Trinajstić information content (AvgIpc) is 2.78. The van der Waals surface area contributed by atoms with E-state index in [2.05, 4.69) is 9.82 Å². The molecule has 0 fully saturated rings. The number of rotatable bonds is 6. The van der Waals surface area contributed by atoms with Crippen LogP contribution < -0.4 is 0 Å². The molecule has 0 N–H and O–H groups in total. The van der Waals surface area contributed by atoms with Gasteiger partial charge in [0.1, 0.15) is 11.6 Å². The predicted molar refractivity (Wildman–Crippen MR) is 120 cm³/mol. The average molecular weight is 464 g/mol. The van der Waals surface area contributed by atoms with Gasteiger partial charge in [-0.1, -0.05) is 42.5 Å². The van der Waals surface area contributed by atoms with Crippen molar-refractivity contribution in [1.82, 2.24) is 4.98 Å². The van der Waals surface area contributed by atoms with Crippen molar-refractivity contribution in [2.24, 2.45) is 0 Å². The summed E-state index contributed by atoms with van der Waals surface area (Å²) in [5.74, 6) is -1.86. The van der Waals surface area contributed by atoms with Crippen molar-refractivity contribution in [2.45, 2.75) is 20.1 Å². The fourth-order valence-electron chi connectivity index (χ4n) is 3.73. The number of carbonyl (C=O) groups excluding carboxylic acids is 1. The number of carbonyl (C=O) groups is 1. The fourth-order valence-corrected chi connectivity index (χ4v) is 3.73. The maximum Gasteiger partial charge on any atom is 0.341 e. The first-order valence-electron chi connectivity index (χ1n) is 10.2. The second-order valence-electron chi connectivity index (χ2n) is 7.48. The number of esters is 1. The molecule has 9 heteroatoms. The van der Waals surface area contributed by atoms with E-state index in [1.54, 1.807) is 49.4 Å². The van der Waals surface area contributed by atoms with Crippen LogP contribution >= 0.6 is 0 Å². The van der Waals surface area contributed by atoms with Gasteiger partial charge in [0, 0.05) is 16.5 Å². The number of hydrogen-bond donors (Lipinski definition) is 0. The molecule has 0 saturated heterocycles. The fraction of sp³-hybridized carbons (Fsp3) is 0.120. The lowest BCUT2D eigenvalue weighted by Crippen LogP contribution is -2.22. The van der Waals surface area contributed by atoms with E-state index >= 15 is 0 Å². The molecule has 3 aromatic carbocycles. The van der Waals surface area contributed by atoms with Gasteiger partial charge in [0.05, 0.1) is 16.8 Å². The third-order valence-electron chi connectivity index (χ3n) is 5.25. The van der Waals surface area contributed by atoms with Crippen molar-refractivity contribution in [2.75, 3.05) is 0 Å². The molecule has 172 valence electrons. The molecular formula is C25H18F2N2O5. The molecule has 4 rings (SSSR count). The van der Waals surface area contributed by atoms with Gasteiger partial charge in [-0.15, -0.1) is 10.1 Å². The van der Waals surface area contributed by atoms with Gasteiger partial charge in [0.2, 0.25) is 6.29 Å². The molecule has 0 bridgehead atoms. The molecule has 0 spiro atoms. The largest absolute Gasteiger partial charge is 0.432 e. The van der Waals surface area contributed by atoms with Gasteiger partial charge in [-0.3, -0.25) is 4.84 Å². The van der Waals surface area contributed by atoms with Crippen molar-refractivity contribution >= 4 is 16.9 Å². The molecule has 1 unspecified atom stereocenters. The highest BCUT2D eigenvalue weighted by Gasteiger charge is 2.23. The van der Waals surface area contributed by atoms with E-state index in [-0.39, 0.29) is 16.8 Å². The van der Waals surface area contributed by atoms with Crippen LogP contribution in [0.3, 0.4) is 0 Å². The summed E-state index contributed by atoms with van der Waals surface area (Å²) in [6, 6.07) is 17.1. The van der Waals surface area contributed by atoms with Crippen LogP contribution in [0.15, 0.2) is 66.7 Å². The first kappa shape index (κ1) is 22.8. The van der Waals surface area contributed by atoms with Crippen LogP contribution in [0.2, 0.25) is 0 Å². The summed E-state index contributed by atoms with van der Waals surface area (Å²) in [7, 11) is 0. The number of aromatic nitrogens is 1. The number of hydrogen-bond acceptors (Lipinski definition) is 6. The molecule has 1 atom stereocenters. The zero-order chi connectivity index (χ0) is 24.4. The molecule has 0 saturated carbocycles. The van der Waals surface area contributed by atoms with Crippen LogP contribution in [0.25, 0.3) is 33.3 Å². The number of halogens is 2. The molecular weight excluding hydrogens is 446 g/mol. The maximum absolute atomic E-state index is 14.1. The number of nitrogens with zero attached hydrogens (tertiary/aromatic N) is 2. The van der Waals surface area contributed by atoms with E-state index in [1.165, 1.54) is 25.1 Å². The highest BCUT2D eigenvalue weighted by molar-refractivity contribution is 6.06. The normalized spacial score (nSPS) is 11.8. The summed E-state index contributed by atoms with van der Waals surface area (Å²) < 4.78 is 33.2. The lowest BCUT2D eigenvalue weighted by atomic mass is 9.96. The third kappa shape index (κ3) is 4.54. The first-order valence-corrected chi connectivity index (χ1v) is 10.2. The molecule has 1 aromatic heterocycles. The Morgan fingerprint density at radius 3 is 2.38 bits per heavy atom. The van der Waals surface area contributed by atoms with E-state index in [0.717, 1.165) is 6.07 Å². The third-order valence-corrected chi connectivity index (χ3v) is 5.25. The van der Waals surface area contributed by atoms with E-state index in [0.29, 0.717) is 33.5 Å². The lowest BCUT2D eigenvalue weighted by Gasteiger charge is -2.16. The molecule has 34 heavy (non-hydrogen) atoms. The molecule has 0 radical (unpaired) electrons. The number of ether oxygens (including phenoxy) is 1. The Bertz CT molecular complexity index is 1410. The number of benzene rings is 3. The van der Waals surface area contributed by atoms with Crippen LogP contribution in [0.5, 0.6) is 0 Å². The topological polar surface area (TPSA) is 91.6 Å². The molecule has 7 nitrogen and oxygen atoms in total. The summed E-state index contributed by atoms with van der Waals surface area (Å²) in [6.45, 7) is 2.81. The molecule has 1 heterocycles. The highest BCUT2D eigenvalue weighted by Crippen LogP contribution is 2.32. The molecule has 0 aliphatic heterocycles. The summed E-state index contributed by atoms with van der Waals surface area (Å²) in [6.07, 6.45) is -1.47. The SMILES string of the molecule is Cc1c(-c2ccc(-c3ccccc3F)cc2)nc2ccc(F)cc2c1C(=O)OC(C)O[N+](=O)[O-]. The summed E-state index contributed by atoms with van der Waals surface area (Å²) in [5.41, 5.74) is 2.88. The van der Waals surface area contributed by atoms with Crippen LogP contribution in [-0.2, 0) is 9.57 Å². The quantitative estimate of drug-likeness (QED) is 0.153. The Morgan fingerprint density at radius 2 is 1.71 bits per heavy atom. The van der Waals surface area contributed by atoms with Gasteiger partial charge in [0.25, 0.3) is 5.09 Å². The minimum Gasteiger partial charge on any atom is -0.432 e. The van der Waals surface area contributed by atoms with Gasteiger partial charge >= 0.3 is 5.97 Å². The molecule has 0 amide bonds. The van der Waals surface area contributed by atoms with E-state index in [1.807, 2.05) is 0 Å². The smallest absolute Gasteiger partial charge is 0.341 e. The second-order valence-corrected chi connectivity index (χ2v) is 7.48. The standard InChI is InChI=1S/C25H18F2N2O5/c1-14-23(25(30)33-15(2)34-29(31)32)20-13-18(26)11-12-22(20)28-24(14)17-9-7-16(8-10-17)19-5-3-4-6-21(19)27/h3-13,15H,1-2H3. The van der Waals surface area contributed by atoms with Crippen LogP contribution in [0.1, 0.15) is 22.8 Å². The maximum atomic E-state index is 14.1. The highest BCUT2D eigenvalue weighted by atomic mass is 19.1. The Labute approximate surface area is 192 Å². The van der Waals surface area contributed by atoms with Crippen molar-refractivity contribution in [1.29, 1.82) is 0 Å². The Balaban J connectivity index is 1.80. The first-order chi connectivity index (χ1) is 16.2. The van der Waals surface area contributed by atoms with Crippen molar-refractivity contribution in [3.8, 4) is 22.4 Å². The van der Waals surface area contributed by atoms with Crippen molar-refractivity contribution < 1.29 is 28.2 Å². The summed E-state index contributed by atoms with van der Waals surface area (Å²) >= 11 is 0. The Hall–Kier alpha value is -4.40. The molecule has 0 aliphatic carbocycles. The van der Waals surface area contributed by atoms with E-state index < -0.39 is 23.2 Å². The lowest BCUT2D eigenvalue weighted by molar-refractivity contribution is -0.777. The zero-order valence-electron chi connectivity index (χ0n) is 18.1. The van der Waals surface area contributed by atoms with Crippen LogP contribution in [-0.4, -0.2) is 22.3 Å². The molecule has 0 aliphatic rings. The zero-order valence-corrected chi connectivity index (χ0v) is 18.1. The monoisotopic (exact) mass is 464 g/mol. The van der Waals surface area contributed by atoms with Crippen LogP contribution in [0.4, 0.5) is 8.78 Å².